The van der Waals surface area contributed by atoms with E-state index in [0.717, 1.165) is 22.2 Å². The lowest BCUT2D eigenvalue weighted by molar-refractivity contribution is 0.0963. The monoisotopic (exact) mass is 398 g/mol. The number of rotatable bonds is 5. The van der Waals surface area contributed by atoms with Gasteiger partial charge in [-0.1, -0.05) is 25.4 Å². The minimum atomic E-state index is -0.381. The molecule has 0 spiro atoms. The number of carbonyl (C=O) groups excluding carboxylic acids is 1. The van der Waals surface area contributed by atoms with Gasteiger partial charge in [-0.2, -0.15) is 0 Å². The first-order valence-corrected chi connectivity index (χ1v) is 9.50. The molecule has 0 bridgehead atoms. The van der Waals surface area contributed by atoms with Crippen molar-refractivity contribution in [3.8, 4) is 0 Å². The van der Waals surface area contributed by atoms with Crippen LogP contribution in [0, 0.1) is 6.92 Å². The fraction of sp³-hybridized carbons (Fsp3) is 0.273. The molecule has 28 heavy (non-hydrogen) atoms. The van der Waals surface area contributed by atoms with Crippen LogP contribution in [-0.4, -0.2) is 13.0 Å². The summed E-state index contributed by atoms with van der Waals surface area (Å²) in [4.78, 5) is 23.8. The predicted molar refractivity (Wildman–Crippen MR) is 113 cm³/mol. The summed E-state index contributed by atoms with van der Waals surface area (Å²) >= 11 is 6.21. The zero-order chi connectivity index (χ0) is 20.4. The Labute approximate surface area is 168 Å². The Morgan fingerprint density at radius 2 is 1.93 bits per heavy atom. The Bertz CT molecular complexity index is 1100. The van der Waals surface area contributed by atoms with Crippen LogP contribution in [0.25, 0.3) is 11.0 Å². The van der Waals surface area contributed by atoms with Gasteiger partial charge < -0.3 is 15.1 Å². The highest BCUT2D eigenvalue weighted by molar-refractivity contribution is 6.34. The first kappa shape index (κ1) is 20.0. The standard InChI is InChI=1S/C22H23ClN2O3/c1-12(2)17-10-18-14(8-21(26)28-20(18)7-13(17)3)11-25-15-5-6-16(19(23)9-15)22(27)24-4/h5-10,12,25H,11H2,1-4H3,(H,24,27). The molecule has 0 aliphatic heterocycles. The molecule has 1 heterocycles. The molecule has 6 heteroatoms. The molecule has 5 nitrogen and oxygen atoms in total. The Kier molecular flexibility index (Phi) is 5.75. The predicted octanol–water partition coefficient (Wildman–Crippen LogP) is 4.85. The molecular weight excluding hydrogens is 376 g/mol. The van der Waals surface area contributed by atoms with E-state index in [2.05, 4.69) is 30.5 Å². The summed E-state index contributed by atoms with van der Waals surface area (Å²) in [6.07, 6.45) is 0. The second-order valence-corrected chi connectivity index (χ2v) is 7.48. The topological polar surface area (TPSA) is 71.3 Å². The van der Waals surface area contributed by atoms with Crippen molar-refractivity contribution < 1.29 is 9.21 Å². The number of amides is 1. The van der Waals surface area contributed by atoms with Gasteiger partial charge in [-0.25, -0.2) is 4.79 Å². The molecule has 0 fully saturated rings. The van der Waals surface area contributed by atoms with Crippen molar-refractivity contribution in [2.24, 2.45) is 0 Å². The van der Waals surface area contributed by atoms with Gasteiger partial charge in [-0.15, -0.1) is 0 Å². The van der Waals surface area contributed by atoms with E-state index in [-0.39, 0.29) is 11.5 Å². The summed E-state index contributed by atoms with van der Waals surface area (Å²) in [6, 6.07) is 10.7. The third kappa shape index (κ3) is 4.04. The average Bonchev–Trinajstić information content (AvgIpc) is 2.64. The highest BCUT2D eigenvalue weighted by Crippen LogP contribution is 2.28. The number of anilines is 1. The van der Waals surface area contributed by atoms with Crippen molar-refractivity contribution in [3.63, 3.8) is 0 Å². The van der Waals surface area contributed by atoms with Gasteiger partial charge in [0.1, 0.15) is 5.58 Å². The summed E-state index contributed by atoms with van der Waals surface area (Å²) in [5.41, 5.74) is 4.55. The molecule has 1 aromatic heterocycles. The summed E-state index contributed by atoms with van der Waals surface area (Å²) in [6.45, 7) is 6.73. The van der Waals surface area contributed by atoms with Gasteiger partial charge in [0.25, 0.3) is 5.91 Å². The van der Waals surface area contributed by atoms with Gasteiger partial charge >= 0.3 is 5.63 Å². The summed E-state index contributed by atoms with van der Waals surface area (Å²) in [5.74, 6) is 0.132. The lowest BCUT2D eigenvalue weighted by Crippen LogP contribution is -2.18. The first-order valence-electron chi connectivity index (χ1n) is 9.13. The molecule has 3 aromatic rings. The van der Waals surface area contributed by atoms with Crippen LogP contribution in [0.1, 0.15) is 46.8 Å². The third-order valence-corrected chi connectivity index (χ3v) is 5.08. The lowest BCUT2D eigenvalue weighted by atomic mass is 9.95. The maximum Gasteiger partial charge on any atom is 0.336 e. The Balaban J connectivity index is 1.94. The van der Waals surface area contributed by atoms with E-state index in [0.29, 0.717) is 28.6 Å². The smallest absolute Gasteiger partial charge is 0.336 e. The maximum absolute atomic E-state index is 12.0. The van der Waals surface area contributed by atoms with Gasteiger partial charge in [0.2, 0.25) is 0 Å². The van der Waals surface area contributed by atoms with Crippen LogP contribution >= 0.6 is 11.6 Å². The van der Waals surface area contributed by atoms with Crippen LogP contribution in [0.5, 0.6) is 0 Å². The fourth-order valence-electron chi connectivity index (χ4n) is 3.30. The quantitative estimate of drug-likeness (QED) is 0.602. The minimum absolute atomic E-state index is 0.236. The van der Waals surface area contributed by atoms with Crippen molar-refractivity contribution in [2.75, 3.05) is 12.4 Å². The normalized spacial score (nSPS) is 11.1. The summed E-state index contributed by atoms with van der Waals surface area (Å²) < 4.78 is 5.39. The van der Waals surface area contributed by atoms with Gasteiger partial charge in [-0.05, 0) is 59.9 Å². The van der Waals surface area contributed by atoms with Gasteiger partial charge in [0, 0.05) is 30.7 Å². The second-order valence-electron chi connectivity index (χ2n) is 7.08. The molecular formula is C22H23ClN2O3. The van der Waals surface area contributed by atoms with E-state index in [1.54, 1.807) is 25.2 Å². The number of halogens is 1. The van der Waals surface area contributed by atoms with Crippen molar-refractivity contribution in [3.05, 3.63) is 74.1 Å². The molecule has 0 radical (unpaired) electrons. The van der Waals surface area contributed by atoms with Crippen LogP contribution in [0.15, 0.2) is 45.6 Å². The van der Waals surface area contributed by atoms with Crippen molar-refractivity contribution in [1.29, 1.82) is 0 Å². The number of nitrogens with one attached hydrogen (secondary N) is 2. The molecule has 1 amide bonds. The molecule has 0 aliphatic rings. The van der Waals surface area contributed by atoms with Crippen molar-refractivity contribution in [1.82, 2.24) is 5.32 Å². The largest absolute Gasteiger partial charge is 0.423 e. The molecule has 3 rings (SSSR count). The zero-order valence-electron chi connectivity index (χ0n) is 16.4. The number of fused-ring (bicyclic) bond motifs is 1. The maximum atomic E-state index is 12.0. The number of hydrogen-bond acceptors (Lipinski definition) is 4. The Morgan fingerprint density at radius 3 is 2.57 bits per heavy atom. The van der Waals surface area contributed by atoms with E-state index in [1.807, 2.05) is 13.0 Å². The third-order valence-electron chi connectivity index (χ3n) is 4.76. The average molecular weight is 399 g/mol. The summed E-state index contributed by atoms with van der Waals surface area (Å²) in [5, 5.41) is 7.10. The molecule has 0 aliphatic carbocycles. The van der Waals surface area contributed by atoms with E-state index in [1.165, 1.54) is 11.6 Å². The van der Waals surface area contributed by atoms with Crippen molar-refractivity contribution in [2.45, 2.75) is 33.2 Å². The Hall–Kier alpha value is -2.79. The van der Waals surface area contributed by atoms with E-state index in [4.69, 9.17) is 16.0 Å². The summed E-state index contributed by atoms with van der Waals surface area (Å²) in [7, 11) is 1.56. The Morgan fingerprint density at radius 1 is 1.18 bits per heavy atom. The zero-order valence-corrected chi connectivity index (χ0v) is 17.1. The molecule has 0 saturated carbocycles. The van der Waals surface area contributed by atoms with Crippen molar-refractivity contribution >= 4 is 34.2 Å². The SMILES string of the molecule is CNC(=O)c1ccc(NCc2cc(=O)oc3cc(C)c(C(C)C)cc23)cc1Cl. The molecule has 2 aromatic carbocycles. The number of hydrogen-bond donors (Lipinski definition) is 2. The van der Waals surface area contributed by atoms with E-state index < -0.39 is 0 Å². The number of aryl methyl sites for hydroxylation is 1. The highest BCUT2D eigenvalue weighted by Gasteiger charge is 2.12. The molecule has 0 unspecified atom stereocenters. The van der Waals surface area contributed by atoms with E-state index in [9.17, 15) is 9.59 Å². The van der Waals surface area contributed by atoms with Crippen LogP contribution in [0.4, 0.5) is 5.69 Å². The van der Waals surface area contributed by atoms with Crippen LogP contribution in [0.3, 0.4) is 0 Å². The lowest BCUT2D eigenvalue weighted by Gasteiger charge is -2.14. The van der Waals surface area contributed by atoms with Crippen LogP contribution in [-0.2, 0) is 6.54 Å². The molecule has 0 saturated heterocycles. The molecule has 146 valence electrons. The number of carbonyl (C=O) groups is 1. The van der Waals surface area contributed by atoms with Gasteiger partial charge in [0.15, 0.2) is 0 Å². The second kappa shape index (κ2) is 8.07. The fourth-order valence-corrected chi connectivity index (χ4v) is 3.57. The number of benzene rings is 2. The van der Waals surface area contributed by atoms with Gasteiger partial charge in [-0.3, -0.25) is 4.79 Å². The van der Waals surface area contributed by atoms with Crippen LogP contribution < -0.4 is 16.3 Å². The van der Waals surface area contributed by atoms with E-state index >= 15 is 0 Å². The molecule has 0 atom stereocenters. The minimum Gasteiger partial charge on any atom is -0.423 e. The molecule has 2 N–H and O–H groups in total. The first-order chi connectivity index (χ1) is 13.3. The van der Waals surface area contributed by atoms with Gasteiger partial charge in [0.05, 0.1) is 10.6 Å². The van der Waals surface area contributed by atoms with Crippen LogP contribution in [0.2, 0.25) is 5.02 Å². The highest BCUT2D eigenvalue weighted by atomic mass is 35.5.